The van der Waals surface area contributed by atoms with Crippen molar-refractivity contribution in [1.82, 2.24) is 0 Å². The summed E-state index contributed by atoms with van der Waals surface area (Å²) >= 11 is 0. The summed E-state index contributed by atoms with van der Waals surface area (Å²) in [5, 5.41) is 0. The Bertz CT molecular complexity index is 727. The zero-order valence-corrected chi connectivity index (χ0v) is 11.4. The van der Waals surface area contributed by atoms with Crippen LogP contribution in [-0.2, 0) is 4.79 Å². The number of hydrogen-bond donors (Lipinski definition) is 1. The second-order valence-corrected chi connectivity index (χ2v) is 5.07. The molecule has 1 aliphatic rings. The highest BCUT2D eigenvalue weighted by Gasteiger charge is 2.28. The molecule has 3 heteroatoms. The van der Waals surface area contributed by atoms with Gasteiger partial charge in [-0.05, 0) is 54.8 Å². The van der Waals surface area contributed by atoms with Crippen molar-refractivity contribution in [2.45, 2.75) is 13.8 Å². The fraction of sp³-hybridized carbons (Fsp3) is 0.118. The molecule has 3 nitrogen and oxygen atoms in total. The van der Waals surface area contributed by atoms with Gasteiger partial charge in [0, 0.05) is 11.3 Å². The molecule has 0 radical (unpaired) electrons. The van der Waals surface area contributed by atoms with Crippen molar-refractivity contribution in [3.8, 4) is 5.75 Å². The van der Waals surface area contributed by atoms with Gasteiger partial charge in [-0.3, -0.25) is 0 Å². The summed E-state index contributed by atoms with van der Waals surface area (Å²) in [4.78, 5) is 12.1. The lowest BCUT2D eigenvalue weighted by Gasteiger charge is -2.03. The van der Waals surface area contributed by atoms with E-state index in [-0.39, 0.29) is 5.97 Å². The van der Waals surface area contributed by atoms with Crippen LogP contribution in [0.1, 0.15) is 22.3 Å². The second kappa shape index (κ2) is 4.53. The molecule has 0 atom stereocenters. The number of hydrogen-bond acceptors (Lipinski definition) is 3. The molecule has 20 heavy (non-hydrogen) atoms. The molecule has 0 amide bonds. The molecule has 100 valence electrons. The summed E-state index contributed by atoms with van der Waals surface area (Å²) < 4.78 is 5.37. The Morgan fingerprint density at radius 3 is 2.50 bits per heavy atom. The SMILES string of the molecule is Cc1cc(C)c2c(c1)/C(=C/c1ccc(N)cc1)C(=O)O2. The second-order valence-electron chi connectivity index (χ2n) is 5.07. The average molecular weight is 265 g/mol. The molecule has 2 N–H and O–H groups in total. The Hall–Kier alpha value is -2.55. The summed E-state index contributed by atoms with van der Waals surface area (Å²) in [6.07, 6.45) is 1.84. The first-order chi connectivity index (χ1) is 9.54. The molecule has 0 aliphatic carbocycles. The summed E-state index contributed by atoms with van der Waals surface area (Å²) in [6, 6.07) is 11.4. The van der Waals surface area contributed by atoms with Crippen molar-refractivity contribution in [2.24, 2.45) is 0 Å². The van der Waals surface area contributed by atoms with Gasteiger partial charge < -0.3 is 10.5 Å². The van der Waals surface area contributed by atoms with Crippen LogP contribution in [0.5, 0.6) is 5.75 Å². The van der Waals surface area contributed by atoms with E-state index in [1.54, 1.807) is 0 Å². The molecule has 0 saturated carbocycles. The van der Waals surface area contributed by atoms with Crippen LogP contribution in [0.15, 0.2) is 36.4 Å². The molecule has 0 bridgehead atoms. The van der Waals surface area contributed by atoms with Gasteiger partial charge in [0.25, 0.3) is 0 Å². The van der Waals surface area contributed by atoms with Gasteiger partial charge in [-0.25, -0.2) is 4.79 Å². The fourth-order valence-corrected chi connectivity index (χ4v) is 2.44. The van der Waals surface area contributed by atoms with Gasteiger partial charge in [-0.15, -0.1) is 0 Å². The van der Waals surface area contributed by atoms with E-state index in [0.29, 0.717) is 17.0 Å². The maximum absolute atomic E-state index is 12.1. The van der Waals surface area contributed by atoms with Crippen LogP contribution >= 0.6 is 0 Å². The highest BCUT2D eigenvalue weighted by Crippen LogP contribution is 2.38. The van der Waals surface area contributed by atoms with Crippen molar-refractivity contribution < 1.29 is 9.53 Å². The molecule has 1 heterocycles. The normalized spacial score (nSPS) is 15.3. The van der Waals surface area contributed by atoms with E-state index in [9.17, 15) is 4.79 Å². The highest BCUT2D eigenvalue weighted by atomic mass is 16.5. The van der Waals surface area contributed by atoms with E-state index in [4.69, 9.17) is 10.5 Å². The van der Waals surface area contributed by atoms with Gasteiger partial charge in [-0.1, -0.05) is 18.2 Å². The number of esters is 1. The zero-order chi connectivity index (χ0) is 14.3. The van der Waals surface area contributed by atoms with Gasteiger partial charge in [0.05, 0.1) is 5.57 Å². The summed E-state index contributed by atoms with van der Waals surface area (Å²) in [7, 11) is 0. The minimum Gasteiger partial charge on any atom is -0.422 e. The number of carbonyl (C=O) groups excluding carboxylic acids is 1. The fourth-order valence-electron chi connectivity index (χ4n) is 2.44. The first-order valence-electron chi connectivity index (χ1n) is 6.45. The Morgan fingerprint density at radius 1 is 1.10 bits per heavy atom. The van der Waals surface area contributed by atoms with E-state index < -0.39 is 0 Å². The number of aryl methyl sites for hydroxylation is 2. The number of anilines is 1. The molecular formula is C17H15NO2. The Balaban J connectivity index is 2.12. The maximum atomic E-state index is 12.1. The number of fused-ring (bicyclic) bond motifs is 1. The number of benzene rings is 2. The third kappa shape index (κ3) is 2.07. The number of rotatable bonds is 1. The molecule has 2 aromatic rings. The molecule has 1 aliphatic heterocycles. The van der Waals surface area contributed by atoms with Crippen molar-refractivity contribution in [3.63, 3.8) is 0 Å². The molecule has 0 aromatic heterocycles. The summed E-state index contributed by atoms with van der Waals surface area (Å²) in [5.41, 5.74) is 10.9. The van der Waals surface area contributed by atoms with Crippen LogP contribution in [-0.4, -0.2) is 5.97 Å². The van der Waals surface area contributed by atoms with Crippen LogP contribution in [0.3, 0.4) is 0 Å². The lowest BCUT2D eigenvalue weighted by Crippen LogP contribution is -2.00. The Morgan fingerprint density at radius 2 is 1.80 bits per heavy atom. The number of ether oxygens (including phenoxy) is 1. The standard InChI is InChI=1S/C17H15NO2/c1-10-7-11(2)16-14(8-10)15(17(19)20-16)9-12-3-5-13(18)6-4-12/h3-9H,18H2,1-2H3/b15-9-. The zero-order valence-electron chi connectivity index (χ0n) is 11.4. The van der Waals surface area contributed by atoms with Gasteiger partial charge in [0.15, 0.2) is 0 Å². The van der Waals surface area contributed by atoms with Crippen LogP contribution in [0, 0.1) is 13.8 Å². The average Bonchev–Trinajstić information content (AvgIpc) is 2.70. The highest BCUT2D eigenvalue weighted by molar-refractivity contribution is 6.26. The number of nitrogen functional groups attached to an aromatic ring is 1. The van der Waals surface area contributed by atoms with Crippen LogP contribution in [0.25, 0.3) is 11.6 Å². The van der Waals surface area contributed by atoms with Gasteiger partial charge in [-0.2, -0.15) is 0 Å². The van der Waals surface area contributed by atoms with E-state index in [2.05, 4.69) is 0 Å². The minimum absolute atomic E-state index is 0.300. The molecule has 0 fully saturated rings. The first-order valence-corrected chi connectivity index (χ1v) is 6.45. The summed E-state index contributed by atoms with van der Waals surface area (Å²) in [6.45, 7) is 3.96. The molecule has 0 unspecified atom stereocenters. The van der Waals surface area contributed by atoms with Crippen molar-refractivity contribution in [2.75, 3.05) is 5.73 Å². The van der Waals surface area contributed by atoms with Gasteiger partial charge in [0.1, 0.15) is 5.75 Å². The minimum atomic E-state index is -0.300. The Labute approximate surface area is 117 Å². The van der Waals surface area contributed by atoms with E-state index in [0.717, 1.165) is 22.3 Å². The van der Waals surface area contributed by atoms with Crippen molar-refractivity contribution >= 4 is 23.3 Å². The first kappa shape index (κ1) is 12.5. The molecular weight excluding hydrogens is 250 g/mol. The topological polar surface area (TPSA) is 52.3 Å². The monoisotopic (exact) mass is 265 g/mol. The lowest BCUT2D eigenvalue weighted by atomic mass is 9.99. The van der Waals surface area contributed by atoms with Crippen LogP contribution in [0.2, 0.25) is 0 Å². The third-order valence-electron chi connectivity index (χ3n) is 3.37. The van der Waals surface area contributed by atoms with Crippen molar-refractivity contribution in [3.05, 3.63) is 58.7 Å². The predicted molar refractivity (Wildman–Crippen MR) is 80.3 cm³/mol. The number of nitrogens with two attached hydrogens (primary N) is 1. The predicted octanol–water partition coefficient (Wildman–Crippen LogP) is 3.35. The molecule has 3 rings (SSSR count). The summed E-state index contributed by atoms with van der Waals surface area (Å²) in [5.74, 6) is 0.368. The molecule has 0 spiro atoms. The largest absolute Gasteiger partial charge is 0.422 e. The lowest BCUT2D eigenvalue weighted by molar-refractivity contribution is -0.126. The van der Waals surface area contributed by atoms with Crippen LogP contribution in [0.4, 0.5) is 5.69 Å². The molecule has 0 saturated heterocycles. The van der Waals surface area contributed by atoms with E-state index in [1.807, 2.05) is 56.3 Å². The van der Waals surface area contributed by atoms with Crippen molar-refractivity contribution in [1.29, 1.82) is 0 Å². The molecule has 2 aromatic carbocycles. The smallest absolute Gasteiger partial charge is 0.344 e. The number of carbonyl (C=O) groups is 1. The van der Waals surface area contributed by atoms with Crippen LogP contribution < -0.4 is 10.5 Å². The quantitative estimate of drug-likeness (QED) is 0.372. The van der Waals surface area contributed by atoms with E-state index >= 15 is 0 Å². The van der Waals surface area contributed by atoms with Gasteiger partial charge >= 0.3 is 5.97 Å². The van der Waals surface area contributed by atoms with Gasteiger partial charge in [0.2, 0.25) is 0 Å². The third-order valence-corrected chi connectivity index (χ3v) is 3.37. The Kier molecular flexibility index (Phi) is 2.83. The van der Waals surface area contributed by atoms with E-state index in [1.165, 1.54) is 0 Å². The maximum Gasteiger partial charge on any atom is 0.344 e.